The van der Waals surface area contributed by atoms with Crippen molar-refractivity contribution < 1.29 is 8.85 Å². The van der Waals surface area contributed by atoms with Crippen molar-refractivity contribution in [2.75, 3.05) is 20.8 Å². The van der Waals surface area contributed by atoms with Crippen LogP contribution < -0.4 is 5.73 Å². The van der Waals surface area contributed by atoms with Gasteiger partial charge in [0.1, 0.15) is 0 Å². The first-order valence-corrected chi connectivity index (χ1v) is 7.22. The Morgan fingerprint density at radius 1 is 1.21 bits per heavy atom. The molecule has 0 amide bonds. The van der Waals surface area contributed by atoms with Crippen LogP contribution in [-0.4, -0.2) is 37.7 Å². The molecule has 0 aliphatic carbocycles. The van der Waals surface area contributed by atoms with Crippen LogP contribution >= 0.6 is 0 Å². The van der Waals surface area contributed by atoms with Crippen molar-refractivity contribution in [3.05, 3.63) is 0 Å². The molecule has 0 unspecified atom stereocenters. The van der Waals surface area contributed by atoms with E-state index in [2.05, 4.69) is 20.4 Å². The largest absolute Gasteiger partial charge is 0.398 e. The maximum atomic E-state index is 5.65. The first kappa shape index (κ1) is 16.6. The molecule has 0 fully saturated rings. The Bertz CT molecular complexity index is 152. The van der Waals surface area contributed by atoms with E-state index in [9.17, 15) is 0 Å². The molecule has 0 heterocycles. The molecule has 0 aliphatic rings. The van der Waals surface area contributed by atoms with E-state index in [-0.39, 0.29) is 13.8 Å². The molecular formula is C9H23BNO2Si. The Morgan fingerprint density at radius 2 is 1.64 bits per heavy atom. The van der Waals surface area contributed by atoms with Crippen LogP contribution in [0.25, 0.3) is 0 Å². The molecule has 2 N–H and O–H groups in total. The molecule has 14 heavy (non-hydrogen) atoms. The standard InChI is InChI=1S/C9H23NO2Si.B/c1-9(2,8-10)6-7-13(5,11-3)12-4;/h6-8,10H2,1-5H3;. The van der Waals surface area contributed by atoms with Gasteiger partial charge in [0, 0.05) is 22.6 Å². The number of rotatable bonds is 6. The van der Waals surface area contributed by atoms with Gasteiger partial charge in [-0.15, -0.1) is 0 Å². The molecule has 0 aromatic rings. The Hall–Kier alpha value is 0.162. The maximum Gasteiger partial charge on any atom is 0.334 e. The van der Waals surface area contributed by atoms with E-state index in [4.69, 9.17) is 14.6 Å². The summed E-state index contributed by atoms with van der Waals surface area (Å²) >= 11 is 0. The van der Waals surface area contributed by atoms with E-state index in [1.54, 1.807) is 14.2 Å². The number of hydrogen-bond acceptors (Lipinski definition) is 3. The SMILES string of the molecule is CO[Si](C)(CCC(C)(C)CN)OC.[B]. The number of hydrogen-bond donors (Lipinski definition) is 1. The van der Waals surface area contributed by atoms with Crippen LogP contribution in [-0.2, 0) is 8.85 Å². The van der Waals surface area contributed by atoms with E-state index in [0.29, 0.717) is 6.54 Å². The Balaban J connectivity index is 0. The summed E-state index contributed by atoms with van der Waals surface area (Å²) in [6.45, 7) is 7.14. The third-order valence-corrected chi connectivity index (χ3v) is 5.56. The van der Waals surface area contributed by atoms with E-state index in [1.807, 2.05) is 0 Å². The van der Waals surface area contributed by atoms with Gasteiger partial charge in [0.05, 0.1) is 0 Å². The summed E-state index contributed by atoms with van der Waals surface area (Å²) in [7, 11) is 1.58. The topological polar surface area (TPSA) is 44.5 Å². The van der Waals surface area contributed by atoms with Crippen molar-refractivity contribution in [2.24, 2.45) is 11.1 Å². The Labute approximate surface area is 91.2 Å². The number of nitrogens with two attached hydrogens (primary N) is 1. The lowest BCUT2D eigenvalue weighted by molar-refractivity contribution is 0.238. The van der Waals surface area contributed by atoms with Crippen LogP contribution in [0.4, 0.5) is 0 Å². The highest BCUT2D eigenvalue weighted by atomic mass is 28.4. The van der Waals surface area contributed by atoms with Gasteiger partial charge in [0.2, 0.25) is 0 Å². The molecule has 0 bridgehead atoms. The molecule has 3 nitrogen and oxygen atoms in total. The quantitative estimate of drug-likeness (QED) is 0.681. The molecule has 0 aliphatic heterocycles. The second kappa shape index (κ2) is 6.61. The second-order valence-electron chi connectivity index (χ2n) is 4.41. The Morgan fingerprint density at radius 3 is 1.93 bits per heavy atom. The summed E-state index contributed by atoms with van der Waals surface area (Å²) in [4.78, 5) is 0. The van der Waals surface area contributed by atoms with E-state index in [0.717, 1.165) is 12.5 Å². The van der Waals surface area contributed by atoms with Crippen LogP contribution in [0.1, 0.15) is 20.3 Å². The zero-order chi connectivity index (χ0) is 10.5. The zero-order valence-corrected chi connectivity index (χ0v) is 11.1. The fraction of sp³-hybridized carbons (Fsp3) is 1.00. The van der Waals surface area contributed by atoms with E-state index >= 15 is 0 Å². The maximum absolute atomic E-state index is 5.65. The molecule has 0 spiro atoms. The van der Waals surface area contributed by atoms with Gasteiger partial charge in [-0.05, 0) is 31.0 Å². The summed E-state index contributed by atoms with van der Waals surface area (Å²) < 4.78 is 10.8. The smallest absolute Gasteiger partial charge is 0.334 e. The lowest BCUT2D eigenvalue weighted by Crippen LogP contribution is -2.38. The van der Waals surface area contributed by atoms with Gasteiger partial charge in [-0.25, -0.2) is 0 Å². The molecule has 0 saturated carbocycles. The molecule has 0 aromatic heterocycles. The fourth-order valence-electron chi connectivity index (χ4n) is 0.955. The zero-order valence-electron chi connectivity index (χ0n) is 10.1. The minimum Gasteiger partial charge on any atom is -0.398 e. The first-order chi connectivity index (χ1) is 5.89. The van der Waals surface area contributed by atoms with E-state index in [1.165, 1.54) is 0 Å². The van der Waals surface area contributed by atoms with Gasteiger partial charge in [0.15, 0.2) is 0 Å². The van der Waals surface area contributed by atoms with E-state index < -0.39 is 8.56 Å². The summed E-state index contributed by atoms with van der Waals surface area (Å²) in [5.41, 5.74) is 5.85. The van der Waals surface area contributed by atoms with Crippen molar-refractivity contribution >= 4 is 17.0 Å². The summed E-state index contributed by atoms with van der Waals surface area (Å²) in [5.74, 6) is 0. The fourth-order valence-corrected chi connectivity index (χ4v) is 2.66. The lowest BCUT2D eigenvalue weighted by atomic mass is 9.91. The minimum atomic E-state index is -1.88. The molecule has 0 aromatic carbocycles. The average Bonchev–Trinajstić information content (AvgIpc) is 2.14. The summed E-state index contributed by atoms with van der Waals surface area (Å²) in [5, 5.41) is 0. The third-order valence-electron chi connectivity index (χ3n) is 2.67. The van der Waals surface area contributed by atoms with Crippen molar-refractivity contribution in [3.8, 4) is 0 Å². The van der Waals surface area contributed by atoms with Gasteiger partial charge in [-0.2, -0.15) is 0 Å². The van der Waals surface area contributed by atoms with Crippen molar-refractivity contribution in [3.63, 3.8) is 0 Å². The monoisotopic (exact) mass is 216 g/mol. The van der Waals surface area contributed by atoms with Crippen LogP contribution in [0.3, 0.4) is 0 Å². The van der Waals surface area contributed by atoms with Crippen LogP contribution in [0.5, 0.6) is 0 Å². The molecule has 0 atom stereocenters. The highest BCUT2D eigenvalue weighted by molar-refractivity contribution is 6.65. The predicted octanol–water partition coefficient (Wildman–Crippen LogP) is 1.35. The van der Waals surface area contributed by atoms with Gasteiger partial charge in [-0.3, -0.25) is 0 Å². The van der Waals surface area contributed by atoms with Crippen LogP contribution in [0.15, 0.2) is 0 Å². The van der Waals surface area contributed by atoms with Crippen LogP contribution in [0, 0.1) is 5.41 Å². The van der Waals surface area contributed by atoms with Gasteiger partial charge < -0.3 is 14.6 Å². The highest BCUT2D eigenvalue weighted by Crippen LogP contribution is 2.25. The summed E-state index contributed by atoms with van der Waals surface area (Å²) in [6, 6.07) is 1.00. The molecule has 5 heteroatoms. The molecule has 0 saturated heterocycles. The highest BCUT2D eigenvalue weighted by Gasteiger charge is 2.31. The normalized spacial score (nSPS) is 12.4. The second-order valence-corrected chi connectivity index (χ2v) is 7.99. The molecule has 3 radical (unpaired) electrons. The van der Waals surface area contributed by atoms with Gasteiger partial charge >= 0.3 is 8.56 Å². The molecule has 83 valence electrons. The van der Waals surface area contributed by atoms with Crippen LogP contribution in [0.2, 0.25) is 12.6 Å². The molecule has 0 rings (SSSR count). The lowest BCUT2D eigenvalue weighted by Gasteiger charge is -2.28. The van der Waals surface area contributed by atoms with Crippen molar-refractivity contribution in [2.45, 2.75) is 32.9 Å². The average molecular weight is 216 g/mol. The van der Waals surface area contributed by atoms with Gasteiger partial charge in [0.25, 0.3) is 0 Å². The first-order valence-electron chi connectivity index (χ1n) is 4.69. The van der Waals surface area contributed by atoms with Crippen molar-refractivity contribution in [1.82, 2.24) is 0 Å². The van der Waals surface area contributed by atoms with Gasteiger partial charge in [-0.1, -0.05) is 13.8 Å². The third kappa shape index (κ3) is 5.80. The molecular weight excluding hydrogens is 193 g/mol. The minimum absolute atomic E-state index is 0. The summed E-state index contributed by atoms with van der Waals surface area (Å²) in [6.07, 6.45) is 1.06. The predicted molar refractivity (Wildman–Crippen MR) is 63.6 cm³/mol. The van der Waals surface area contributed by atoms with Crippen molar-refractivity contribution in [1.29, 1.82) is 0 Å². The Kier molecular flexibility index (Phi) is 7.83.